The molecule has 0 aliphatic carbocycles. The smallest absolute Gasteiger partial charge is 0.122 e. The van der Waals surface area contributed by atoms with Crippen LogP contribution in [-0.2, 0) is 6.42 Å². The fourth-order valence-corrected chi connectivity index (χ4v) is 2.87. The molecule has 1 N–H and O–H groups in total. The van der Waals surface area contributed by atoms with E-state index in [1.54, 1.807) is 6.26 Å². The zero-order valence-corrected chi connectivity index (χ0v) is 11.8. The van der Waals surface area contributed by atoms with Crippen molar-refractivity contribution in [3.63, 3.8) is 0 Å². The minimum atomic E-state index is 0.294. The molecule has 3 nitrogen and oxygen atoms in total. The summed E-state index contributed by atoms with van der Waals surface area (Å²) in [5, 5.41) is 3.63. The van der Waals surface area contributed by atoms with E-state index in [2.05, 4.69) is 30.4 Å². The summed E-state index contributed by atoms with van der Waals surface area (Å²) < 4.78 is 11.2. The topological polar surface area (TPSA) is 34.4 Å². The second-order valence-corrected chi connectivity index (χ2v) is 5.37. The monoisotopic (exact) mass is 271 g/mol. The van der Waals surface area contributed by atoms with Crippen LogP contribution in [0.15, 0.2) is 47.3 Å². The lowest BCUT2D eigenvalue weighted by molar-refractivity contribution is 0.184. The molecule has 0 bridgehead atoms. The summed E-state index contributed by atoms with van der Waals surface area (Å²) in [6.45, 7) is 3.95. The Morgan fingerprint density at radius 1 is 1.30 bits per heavy atom. The zero-order chi connectivity index (χ0) is 13.8. The number of hydrogen-bond donors (Lipinski definition) is 1. The minimum Gasteiger partial charge on any atom is -0.493 e. The van der Waals surface area contributed by atoms with Crippen molar-refractivity contribution in [1.82, 2.24) is 5.32 Å². The highest BCUT2D eigenvalue weighted by molar-refractivity contribution is 5.35. The Kier molecular flexibility index (Phi) is 4.07. The zero-order valence-electron chi connectivity index (χ0n) is 11.8. The van der Waals surface area contributed by atoms with E-state index in [-0.39, 0.29) is 0 Å². The molecule has 0 saturated heterocycles. The van der Waals surface area contributed by atoms with Crippen LogP contribution in [0, 0.1) is 5.92 Å². The van der Waals surface area contributed by atoms with Gasteiger partial charge < -0.3 is 14.5 Å². The summed E-state index contributed by atoms with van der Waals surface area (Å²) in [6, 6.07) is 10.7. The Morgan fingerprint density at radius 3 is 3.00 bits per heavy atom. The number of para-hydroxylation sites is 1. The van der Waals surface area contributed by atoms with Crippen LogP contribution in [0.5, 0.6) is 5.75 Å². The van der Waals surface area contributed by atoms with Gasteiger partial charge in [-0.05, 0) is 37.1 Å². The molecule has 0 fully saturated rings. The molecule has 1 aromatic heterocycles. The fourth-order valence-electron chi connectivity index (χ4n) is 2.87. The highest BCUT2D eigenvalue weighted by Crippen LogP contribution is 2.33. The molecular formula is C17H21NO2. The number of nitrogens with one attached hydrogen (secondary N) is 1. The van der Waals surface area contributed by atoms with Crippen molar-refractivity contribution in [2.45, 2.75) is 25.8 Å². The van der Waals surface area contributed by atoms with E-state index in [1.165, 1.54) is 11.1 Å². The molecule has 2 heterocycles. The first-order valence-corrected chi connectivity index (χ1v) is 7.34. The van der Waals surface area contributed by atoms with Gasteiger partial charge in [-0.2, -0.15) is 0 Å². The summed E-state index contributed by atoms with van der Waals surface area (Å²) in [5.74, 6) is 1.47. The molecule has 2 unspecified atom stereocenters. The van der Waals surface area contributed by atoms with Gasteiger partial charge in [-0.3, -0.25) is 0 Å². The summed E-state index contributed by atoms with van der Waals surface area (Å²) in [6.07, 6.45) is 5.75. The van der Waals surface area contributed by atoms with Crippen LogP contribution in [0.1, 0.15) is 30.5 Å². The van der Waals surface area contributed by atoms with Crippen LogP contribution in [0.2, 0.25) is 0 Å². The van der Waals surface area contributed by atoms with Gasteiger partial charge in [0.05, 0.1) is 19.1 Å². The Bertz CT molecular complexity index is 536. The van der Waals surface area contributed by atoms with Crippen LogP contribution in [-0.4, -0.2) is 13.2 Å². The molecule has 1 aliphatic heterocycles. The molecule has 0 spiro atoms. The lowest BCUT2D eigenvalue weighted by Gasteiger charge is -2.32. The molecule has 3 rings (SSSR count). The van der Waals surface area contributed by atoms with Gasteiger partial charge in [0.2, 0.25) is 0 Å². The third-order valence-electron chi connectivity index (χ3n) is 3.90. The molecule has 0 amide bonds. The van der Waals surface area contributed by atoms with Crippen LogP contribution < -0.4 is 10.1 Å². The molecule has 20 heavy (non-hydrogen) atoms. The first-order chi connectivity index (χ1) is 9.88. The van der Waals surface area contributed by atoms with E-state index in [9.17, 15) is 0 Å². The van der Waals surface area contributed by atoms with E-state index < -0.39 is 0 Å². The third-order valence-corrected chi connectivity index (χ3v) is 3.90. The first-order valence-electron chi connectivity index (χ1n) is 7.34. The van der Waals surface area contributed by atoms with Crippen molar-refractivity contribution in [1.29, 1.82) is 0 Å². The molecule has 106 valence electrons. The maximum absolute atomic E-state index is 5.92. The SMILES string of the molecule is CCCNC(c1ccoc1)C1COc2ccccc2C1. The van der Waals surface area contributed by atoms with Crippen molar-refractivity contribution in [2.75, 3.05) is 13.2 Å². The summed E-state index contributed by atoms with van der Waals surface area (Å²) in [5.41, 5.74) is 2.52. The molecule has 2 aromatic rings. The highest BCUT2D eigenvalue weighted by Gasteiger charge is 2.28. The second kappa shape index (κ2) is 6.14. The van der Waals surface area contributed by atoms with Crippen LogP contribution in [0.25, 0.3) is 0 Å². The molecule has 1 aromatic carbocycles. The molecule has 2 atom stereocenters. The van der Waals surface area contributed by atoms with E-state index >= 15 is 0 Å². The Morgan fingerprint density at radius 2 is 2.20 bits per heavy atom. The number of ether oxygens (including phenoxy) is 1. The van der Waals surface area contributed by atoms with Gasteiger partial charge in [-0.1, -0.05) is 25.1 Å². The van der Waals surface area contributed by atoms with E-state index in [4.69, 9.17) is 9.15 Å². The van der Waals surface area contributed by atoms with Crippen molar-refractivity contribution < 1.29 is 9.15 Å². The number of rotatable bonds is 5. The quantitative estimate of drug-likeness (QED) is 0.902. The predicted molar refractivity (Wildman–Crippen MR) is 78.9 cm³/mol. The van der Waals surface area contributed by atoms with Gasteiger partial charge in [0.15, 0.2) is 0 Å². The van der Waals surface area contributed by atoms with Gasteiger partial charge in [-0.25, -0.2) is 0 Å². The van der Waals surface area contributed by atoms with Gasteiger partial charge >= 0.3 is 0 Å². The largest absolute Gasteiger partial charge is 0.493 e. The Labute approximate surface area is 119 Å². The Hall–Kier alpha value is -1.74. The highest BCUT2D eigenvalue weighted by atomic mass is 16.5. The minimum absolute atomic E-state index is 0.294. The predicted octanol–water partition coefficient (Wildman–Crippen LogP) is 3.57. The summed E-state index contributed by atoms with van der Waals surface area (Å²) in [7, 11) is 0. The number of fused-ring (bicyclic) bond motifs is 1. The number of furan rings is 1. The maximum atomic E-state index is 5.92. The normalized spacial score (nSPS) is 19.1. The van der Waals surface area contributed by atoms with E-state index in [0.717, 1.165) is 31.7 Å². The third kappa shape index (κ3) is 2.73. The van der Waals surface area contributed by atoms with Crippen LogP contribution in [0.3, 0.4) is 0 Å². The molecule has 0 radical (unpaired) electrons. The lowest BCUT2D eigenvalue weighted by Crippen LogP contribution is -2.35. The van der Waals surface area contributed by atoms with Crippen molar-refractivity contribution in [2.24, 2.45) is 5.92 Å². The maximum Gasteiger partial charge on any atom is 0.122 e. The standard InChI is InChI=1S/C17H21NO2/c1-2-8-18-17(14-7-9-19-11-14)15-10-13-5-3-4-6-16(13)20-12-15/h3-7,9,11,15,17-18H,2,8,10,12H2,1H3. The Balaban J connectivity index is 1.79. The average Bonchev–Trinajstić information content (AvgIpc) is 3.02. The molecular weight excluding hydrogens is 250 g/mol. The van der Waals surface area contributed by atoms with E-state index in [0.29, 0.717) is 12.0 Å². The average molecular weight is 271 g/mol. The summed E-state index contributed by atoms with van der Waals surface area (Å²) in [4.78, 5) is 0. The molecule has 1 aliphatic rings. The van der Waals surface area contributed by atoms with E-state index in [1.807, 2.05) is 18.4 Å². The second-order valence-electron chi connectivity index (χ2n) is 5.37. The summed E-state index contributed by atoms with van der Waals surface area (Å²) >= 11 is 0. The van der Waals surface area contributed by atoms with Crippen molar-refractivity contribution in [3.05, 3.63) is 54.0 Å². The number of benzene rings is 1. The van der Waals surface area contributed by atoms with Gasteiger partial charge in [0, 0.05) is 17.5 Å². The van der Waals surface area contributed by atoms with Crippen molar-refractivity contribution in [3.8, 4) is 5.75 Å². The molecule has 0 saturated carbocycles. The lowest BCUT2D eigenvalue weighted by atomic mass is 9.87. The fraction of sp³-hybridized carbons (Fsp3) is 0.412. The first kappa shape index (κ1) is 13.3. The number of hydrogen-bond acceptors (Lipinski definition) is 3. The molecule has 3 heteroatoms. The van der Waals surface area contributed by atoms with Gasteiger partial charge in [0.25, 0.3) is 0 Å². The van der Waals surface area contributed by atoms with Crippen LogP contribution in [0.4, 0.5) is 0 Å². The van der Waals surface area contributed by atoms with Gasteiger partial charge in [-0.15, -0.1) is 0 Å². The van der Waals surface area contributed by atoms with Gasteiger partial charge in [0.1, 0.15) is 5.75 Å². The van der Waals surface area contributed by atoms with Crippen molar-refractivity contribution >= 4 is 0 Å². The van der Waals surface area contributed by atoms with Crippen LogP contribution >= 0.6 is 0 Å².